The normalized spacial score (nSPS) is 17.4. The zero-order valence-electron chi connectivity index (χ0n) is 10.8. The summed E-state index contributed by atoms with van der Waals surface area (Å²) in [6.07, 6.45) is 5.77. The lowest BCUT2D eigenvalue weighted by molar-refractivity contribution is -0.139. The number of aliphatic hydroxyl groups is 1. The first-order chi connectivity index (χ1) is 9.60. The van der Waals surface area contributed by atoms with Crippen molar-refractivity contribution in [2.75, 3.05) is 0 Å². The minimum absolute atomic E-state index is 0.117. The third kappa shape index (κ3) is 2.07. The number of H-pyrrole nitrogens is 1. The number of amides is 1. The van der Waals surface area contributed by atoms with Gasteiger partial charge in [0.15, 0.2) is 5.82 Å². The number of fused-ring (bicyclic) bond motifs is 1. The number of aromatic amines is 1. The molecule has 2 aromatic heterocycles. The summed E-state index contributed by atoms with van der Waals surface area (Å²) in [6.45, 7) is 0.117. The van der Waals surface area contributed by atoms with Crippen molar-refractivity contribution in [3.63, 3.8) is 0 Å². The summed E-state index contributed by atoms with van der Waals surface area (Å²) in [7, 11) is 0. The fourth-order valence-corrected chi connectivity index (χ4v) is 2.52. The third-order valence-corrected chi connectivity index (χ3v) is 3.67. The van der Waals surface area contributed by atoms with Crippen molar-refractivity contribution in [2.45, 2.75) is 37.8 Å². The molecular weight excluding hydrogens is 262 g/mol. The van der Waals surface area contributed by atoms with Crippen molar-refractivity contribution in [1.82, 2.24) is 24.9 Å². The molecule has 8 heteroatoms. The maximum Gasteiger partial charge on any atom is 0.293 e. The molecule has 2 aromatic rings. The Balaban J connectivity index is 1.76. The predicted octanol–water partition coefficient (Wildman–Crippen LogP) is -0.661. The molecule has 0 saturated heterocycles. The average Bonchev–Trinajstić information content (AvgIpc) is 3.04. The van der Waals surface area contributed by atoms with E-state index >= 15 is 0 Å². The molecular formula is C12H15N5O3. The van der Waals surface area contributed by atoms with E-state index in [1.807, 2.05) is 0 Å². The molecule has 0 radical (unpaired) electrons. The van der Waals surface area contributed by atoms with Gasteiger partial charge in [0.25, 0.3) is 11.5 Å². The molecule has 8 nitrogen and oxygen atoms in total. The van der Waals surface area contributed by atoms with E-state index in [0.29, 0.717) is 18.7 Å². The van der Waals surface area contributed by atoms with E-state index in [1.54, 1.807) is 6.20 Å². The largest absolute Gasteiger partial charge is 0.380 e. The van der Waals surface area contributed by atoms with Crippen LogP contribution in [0.4, 0.5) is 0 Å². The fourth-order valence-electron chi connectivity index (χ4n) is 2.52. The summed E-state index contributed by atoms with van der Waals surface area (Å²) in [6, 6.07) is 0. The molecule has 1 fully saturated rings. The van der Waals surface area contributed by atoms with E-state index in [2.05, 4.69) is 20.5 Å². The van der Waals surface area contributed by atoms with Crippen LogP contribution >= 0.6 is 0 Å². The second-order valence-electron chi connectivity index (χ2n) is 5.02. The molecule has 1 amide bonds. The molecule has 1 saturated carbocycles. The first-order valence-electron chi connectivity index (χ1n) is 6.52. The quantitative estimate of drug-likeness (QED) is 0.689. The number of nitrogens with zero attached hydrogens (tertiary/aromatic N) is 3. The maximum atomic E-state index is 12.0. The van der Waals surface area contributed by atoms with Crippen LogP contribution in [-0.4, -0.2) is 36.2 Å². The van der Waals surface area contributed by atoms with Crippen molar-refractivity contribution in [3.05, 3.63) is 28.6 Å². The number of carbonyl (C=O) groups excluding carboxylic acids is 1. The molecule has 3 rings (SSSR count). The second-order valence-corrected chi connectivity index (χ2v) is 5.02. The summed E-state index contributed by atoms with van der Waals surface area (Å²) < 4.78 is 1.51. The van der Waals surface area contributed by atoms with Gasteiger partial charge in [0, 0.05) is 12.4 Å². The Bertz CT molecular complexity index is 698. The van der Waals surface area contributed by atoms with Gasteiger partial charge in [-0.05, 0) is 25.7 Å². The SMILES string of the molecule is O=C(NCc1nnc2c(=O)[nH]ccn12)C1(O)CCCC1. The highest BCUT2D eigenvalue weighted by atomic mass is 16.3. The Morgan fingerprint density at radius 1 is 1.45 bits per heavy atom. The van der Waals surface area contributed by atoms with Crippen molar-refractivity contribution >= 4 is 11.6 Å². The third-order valence-electron chi connectivity index (χ3n) is 3.67. The molecule has 0 aliphatic heterocycles. The van der Waals surface area contributed by atoms with Crippen LogP contribution in [0.25, 0.3) is 5.65 Å². The van der Waals surface area contributed by atoms with E-state index in [9.17, 15) is 14.7 Å². The minimum atomic E-state index is -1.27. The van der Waals surface area contributed by atoms with E-state index in [0.717, 1.165) is 12.8 Å². The fraction of sp³-hybridized carbons (Fsp3) is 0.500. The van der Waals surface area contributed by atoms with E-state index in [-0.39, 0.29) is 17.8 Å². The number of rotatable bonds is 3. The molecule has 0 spiro atoms. The molecule has 106 valence electrons. The number of hydrogen-bond acceptors (Lipinski definition) is 5. The Morgan fingerprint density at radius 2 is 2.20 bits per heavy atom. The summed E-state index contributed by atoms with van der Waals surface area (Å²) in [5, 5.41) is 20.4. The second kappa shape index (κ2) is 4.71. The first kappa shape index (κ1) is 12.8. The van der Waals surface area contributed by atoms with Crippen molar-refractivity contribution < 1.29 is 9.90 Å². The van der Waals surface area contributed by atoms with Crippen LogP contribution < -0.4 is 10.9 Å². The molecule has 20 heavy (non-hydrogen) atoms. The van der Waals surface area contributed by atoms with Crippen LogP contribution in [-0.2, 0) is 11.3 Å². The van der Waals surface area contributed by atoms with Crippen LogP contribution in [0, 0.1) is 0 Å². The summed E-state index contributed by atoms with van der Waals surface area (Å²) in [5.41, 5.74) is -1.43. The van der Waals surface area contributed by atoms with Gasteiger partial charge in [-0.3, -0.25) is 14.0 Å². The molecule has 1 aliphatic carbocycles. The van der Waals surface area contributed by atoms with Crippen molar-refractivity contribution in [2.24, 2.45) is 0 Å². The maximum absolute atomic E-state index is 12.0. The van der Waals surface area contributed by atoms with Crippen LogP contribution in [0.3, 0.4) is 0 Å². The zero-order chi connectivity index (χ0) is 14.2. The topological polar surface area (TPSA) is 112 Å². The molecule has 3 N–H and O–H groups in total. The Hall–Kier alpha value is -2.22. The van der Waals surface area contributed by atoms with Gasteiger partial charge in [0.05, 0.1) is 6.54 Å². The van der Waals surface area contributed by atoms with Crippen LogP contribution in [0.1, 0.15) is 31.5 Å². The smallest absolute Gasteiger partial charge is 0.293 e. The highest BCUT2D eigenvalue weighted by Gasteiger charge is 2.38. The van der Waals surface area contributed by atoms with E-state index in [1.165, 1.54) is 10.6 Å². The minimum Gasteiger partial charge on any atom is -0.380 e. The first-order valence-corrected chi connectivity index (χ1v) is 6.52. The molecule has 0 unspecified atom stereocenters. The number of hydrogen-bond donors (Lipinski definition) is 3. The Labute approximate surface area is 113 Å². The lowest BCUT2D eigenvalue weighted by atomic mass is 10.0. The van der Waals surface area contributed by atoms with Gasteiger partial charge in [0.2, 0.25) is 5.65 Å². The number of nitrogens with one attached hydrogen (secondary N) is 2. The predicted molar refractivity (Wildman–Crippen MR) is 68.9 cm³/mol. The monoisotopic (exact) mass is 277 g/mol. The van der Waals surface area contributed by atoms with Crippen LogP contribution in [0.2, 0.25) is 0 Å². The van der Waals surface area contributed by atoms with Gasteiger partial charge < -0.3 is 15.4 Å². The standard InChI is InChI=1S/C12H15N5O3/c18-10-9-16-15-8(17(9)6-5-13-10)7-14-11(19)12(20)3-1-2-4-12/h5-6,20H,1-4,7H2,(H,13,18)(H,14,19). The van der Waals surface area contributed by atoms with Gasteiger partial charge in [-0.2, -0.15) is 0 Å². The number of carbonyl (C=O) groups is 1. The van der Waals surface area contributed by atoms with Gasteiger partial charge in [-0.15, -0.1) is 10.2 Å². The summed E-state index contributed by atoms with van der Waals surface area (Å²) >= 11 is 0. The van der Waals surface area contributed by atoms with Crippen LogP contribution in [0.5, 0.6) is 0 Å². The van der Waals surface area contributed by atoms with Gasteiger partial charge in [-0.25, -0.2) is 0 Å². The highest BCUT2D eigenvalue weighted by molar-refractivity contribution is 5.85. The van der Waals surface area contributed by atoms with Gasteiger partial charge in [0.1, 0.15) is 5.60 Å². The summed E-state index contributed by atoms with van der Waals surface area (Å²) in [4.78, 5) is 26.0. The molecule has 0 atom stereocenters. The zero-order valence-corrected chi connectivity index (χ0v) is 10.8. The van der Waals surface area contributed by atoms with E-state index in [4.69, 9.17) is 0 Å². The molecule has 1 aliphatic rings. The Morgan fingerprint density at radius 3 is 2.95 bits per heavy atom. The molecule has 2 heterocycles. The highest BCUT2D eigenvalue weighted by Crippen LogP contribution is 2.29. The molecule has 0 bridgehead atoms. The number of aromatic nitrogens is 4. The van der Waals surface area contributed by atoms with Crippen molar-refractivity contribution in [1.29, 1.82) is 0 Å². The molecule has 0 aromatic carbocycles. The van der Waals surface area contributed by atoms with Gasteiger partial charge >= 0.3 is 0 Å². The average molecular weight is 277 g/mol. The lowest BCUT2D eigenvalue weighted by Gasteiger charge is -2.20. The van der Waals surface area contributed by atoms with E-state index < -0.39 is 11.5 Å². The van der Waals surface area contributed by atoms with Crippen LogP contribution in [0.15, 0.2) is 17.2 Å². The Kier molecular flexibility index (Phi) is 3.01. The van der Waals surface area contributed by atoms with Crippen molar-refractivity contribution in [3.8, 4) is 0 Å². The summed E-state index contributed by atoms with van der Waals surface area (Å²) in [5.74, 6) is 0.0534. The van der Waals surface area contributed by atoms with Gasteiger partial charge in [-0.1, -0.05) is 0 Å². The lowest BCUT2D eigenvalue weighted by Crippen LogP contribution is -2.44.